The predicted octanol–water partition coefficient (Wildman–Crippen LogP) is 2.21. The van der Waals surface area contributed by atoms with Gasteiger partial charge in [-0.15, -0.1) is 0 Å². The van der Waals surface area contributed by atoms with Crippen LogP contribution in [0.3, 0.4) is 0 Å². The molecule has 0 aliphatic carbocycles. The van der Waals surface area contributed by atoms with E-state index in [0.29, 0.717) is 5.56 Å². The molecule has 0 heterocycles. The molecule has 1 atom stereocenters. The van der Waals surface area contributed by atoms with E-state index in [1.54, 1.807) is 0 Å². The third kappa shape index (κ3) is 1.78. The molecular weight excluding hydrogens is 199 g/mol. The molecule has 3 heteroatoms. The summed E-state index contributed by atoms with van der Waals surface area (Å²) in [5.41, 5.74) is 0.654. The summed E-state index contributed by atoms with van der Waals surface area (Å²) in [5, 5.41) is 8.21. The summed E-state index contributed by atoms with van der Waals surface area (Å²) in [7, 11) is 0. The molecule has 0 bridgehead atoms. The maximum absolute atomic E-state index is 12.3. The molecule has 1 N–H and O–H groups in total. The molecule has 0 aliphatic rings. The number of hydrogen-bond acceptors (Lipinski definition) is 1. The standard InChI is InChI=1S/C7H6BrFO/c8-7(10)5-1-3-6(9)4-2-5/h1-4,7,10H. The van der Waals surface area contributed by atoms with Gasteiger partial charge in [-0.25, -0.2) is 4.39 Å². The van der Waals surface area contributed by atoms with Crippen LogP contribution in [0.25, 0.3) is 0 Å². The van der Waals surface area contributed by atoms with Crippen molar-refractivity contribution in [3.05, 3.63) is 35.6 Å². The molecule has 0 fully saturated rings. The minimum absolute atomic E-state index is 0.295. The van der Waals surface area contributed by atoms with E-state index in [1.165, 1.54) is 24.3 Å². The summed E-state index contributed by atoms with van der Waals surface area (Å²) >= 11 is 2.94. The van der Waals surface area contributed by atoms with Crippen LogP contribution in [0.5, 0.6) is 0 Å². The van der Waals surface area contributed by atoms with Crippen LogP contribution in [0.2, 0.25) is 0 Å². The van der Waals surface area contributed by atoms with Crippen molar-refractivity contribution in [3.63, 3.8) is 0 Å². The zero-order chi connectivity index (χ0) is 7.56. The van der Waals surface area contributed by atoms with Crippen LogP contribution < -0.4 is 0 Å². The van der Waals surface area contributed by atoms with E-state index in [4.69, 9.17) is 5.11 Å². The molecule has 0 saturated heterocycles. The van der Waals surface area contributed by atoms with Crippen LogP contribution in [0.4, 0.5) is 4.39 Å². The van der Waals surface area contributed by atoms with Crippen molar-refractivity contribution >= 4 is 15.9 Å². The van der Waals surface area contributed by atoms with Crippen molar-refractivity contribution < 1.29 is 9.50 Å². The quantitative estimate of drug-likeness (QED) is 0.696. The Balaban J connectivity index is 2.89. The summed E-state index contributed by atoms with van der Waals surface area (Å²) in [6.07, 6.45) is 0. The molecule has 0 spiro atoms. The fourth-order valence-electron chi connectivity index (χ4n) is 0.622. The van der Waals surface area contributed by atoms with Gasteiger partial charge in [0.25, 0.3) is 0 Å². The Morgan fingerprint density at radius 2 is 1.80 bits per heavy atom. The van der Waals surface area contributed by atoms with E-state index in [1.807, 2.05) is 0 Å². The Morgan fingerprint density at radius 1 is 1.30 bits per heavy atom. The number of benzene rings is 1. The van der Waals surface area contributed by atoms with Gasteiger partial charge in [0, 0.05) is 0 Å². The van der Waals surface area contributed by atoms with Crippen LogP contribution in [0.1, 0.15) is 10.6 Å². The number of alkyl halides is 1. The van der Waals surface area contributed by atoms with E-state index in [2.05, 4.69) is 15.9 Å². The lowest BCUT2D eigenvalue weighted by atomic mass is 10.2. The number of aliphatic hydroxyl groups excluding tert-OH is 1. The van der Waals surface area contributed by atoms with Gasteiger partial charge in [0.05, 0.1) is 0 Å². The van der Waals surface area contributed by atoms with Gasteiger partial charge in [0.1, 0.15) is 10.8 Å². The lowest BCUT2D eigenvalue weighted by Gasteiger charge is -2.00. The second-order valence-corrected chi connectivity index (χ2v) is 2.75. The number of aliphatic hydroxyl groups is 1. The molecule has 0 radical (unpaired) electrons. The molecule has 1 aromatic carbocycles. The summed E-state index contributed by atoms with van der Waals surface area (Å²) in [6, 6.07) is 5.66. The maximum atomic E-state index is 12.3. The van der Waals surface area contributed by atoms with Gasteiger partial charge in [-0.3, -0.25) is 0 Å². The molecular formula is C7H6BrFO. The molecule has 1 rings (SSSR count). The molecule has 1 unspecified atom stereocenters. The van der Waals surface area contributed by atoms with Crippen LogP contribution in [0, 0.1) is 5.82 Å². The molecule has 0 aromatic heterocycles. The number of hydrogen-bond donors (Lipinski definition) is 1. The molecule has 0 saturated carbocycles. The summed E-state index contributed by atoms with van der Waals surface area (Å²) < 4.78 is 12.3. The van der Waals surface area contributed by atoms with Crippen molar-refractivity contribution in [2.75, 3.05) is 0 Å². The van der Waals surface area contributed by atoms with E-state index >= 15 is 0 Å². The van der Waals surface area contributed by atoms with Crippen molar-refractivity contribution in [3.8, 4) is 0 Å². The smallest absolute Gasteiger partial charge is 0.134 e. The van der Waals surface area contributed by atoms with E-state index in [0.717, 1.165) is 0 Å². The van der Waals surface area contributed by atoms with Crippen LogP contribution in [-0.4, -0.2) is 5.11 Å². The van der Waals surface area contributed by atoms with Crippen LogP contribution in [-0.2, 0) is 0 Å². The second kappa shape index (κ2) is 3.12. The summed E-state index contributed by atoms with van der Waals surface area (Å²) in [6.45, 7) is 0. The van der Waals surface area contributed by atoms with Crippen molar-refractivity contribution in [2.24, 2.45) is 0 Å². The fourth-order valence-corrected chi connectivity index (χ4v) is 0.927. The van der Waals surface area contributed by atoms with E-state index < -0.39 is 5.01 Å². The first-order chi connectivity index (χ1) is 4.70. The lowest BCUT2D eigenvalue weighted by molar-refractivity contribution is 0.277. The molecule has 10 heavy (non-hydrogen) atoms. The highest BCUT2D eigenvalue weighted by molar-refractivity contribution is 9.09. The molecule has 1 aromatic rings. The first-order valence-corrected chi connectivity index (χ1v) is 3.69. The molecule has 0 amide bonds. The monoisotopic (exact) mass is 204 g/mol. The van der Waals surface area contributed by atoms with Crippen LogP contribution in [0.15, 0.2) is 24.3 Å². The van der Waals surface area contributed by atoms with Gasteiger partial charge in [0.2, 0.25) is 0 Å². The zero-order valence-electron chi connectivity index (χ0n) is 5.09. The van der Waals surface area contributed by atoms with Crippen molar-refractivity contribution in [1.82, 2.24) is 0 Å². The van der Waals surface area contributed by atoms with Gasteiger partial charge in [-0.05, 0) is 17.7 Å². The van der Waals surface area contributed by atoms with Crippen LogP contribution >= 0.6 is 15.9 Å². The highest BCUT2D eigenvalue weighted by atomic mass is 79.9. The Labute approximate surface area is 66.6 Å². The average Bonchev–Trinajstić information content (AvgIpc) is 1.88. The second-order valence-electron chi connectivity index (χ2n) is 1.89. The Bertz CT molecular complexity index is 207. The highest BCUT2D eigenvalue weighted by Crippen LogP contribution is 2.18. The van der Waals surface area contributed by atoms with Gasteiger partial charge in [0.15, 0.2) is 0 Å². The first-order valence-electron chi connectivity index (χ1n) is 2.78. The maximum Gasteiger partial charge on any atom is 0.134 e. The Morgan fingerprint density at radius 3 is 2.20 bits per heavy atom. The van der Waals surface area contributed by atoms with Gasteiger partial charge < -0.3 is 5.11 Å². The molecule has 0 aliphatic heterocycles. The molecule has 54 valence electrons. The third-order valence-electron chi connectivity index (χ3n) is 1.15. The molecule has 1 nitrogen and oxygen atoms in total. The first kappa shape index (κ1) is 7.69. The normalized spacial score (nSPS) is 13.1. The summed E-state index contributed by atoms with van der Waals surface area (Å²) in [5.74, 6) is -0.295. The minimum Gasteiger partial charge on any atom is -0.377 e. The lowest BCUT2D eigenvalue weighted by Crippen LogP contribution is -1.85. The van der Waals surface area contributed by atoms with Gasteiger partial charge in [-0.1, -0.05) is 28.1 Å². The Hall–Kier alpha value is -0.410. The van der Waals surface area contributed by atoms with Gasteiger partial charge in [-0.2, -0.15) is 0 Å². The minimum atomic E-state index is -0.701. The highest BCUT2D eigenvalue weighted by Gasteiger charge is 2.00. The zero-order valence-corrected chi connectivity index (χ0v) is 6.68. The van der Waals surface area contributed by atoms with Crippen molar-refractivity contribution in [1.29, 1.82) is 0 Å². The predicted molar refractivity (Wildman–Crippen MR) is 40.3 cm³/mol. The van der Waals surface area contributed by atoms with Crippen molar-refractivity contribution in [2.45, 2.75) is 5.01 Å². The SMILES string of the molecule is OC(Br)c1ccc(F)cc1. The van der Waals surface area contributed by atoms with E-state index in [9.17, 15) is 4.39 Å². The number of rotatable bonds is 1. The summed E-state index contributed by atoms with van der Waals surface area (Å²) in [4.78, 5) is 0. The topological polar surface area (TPSA) is 20.2 Å². The van der Waals surface area contributed by atoms with Gasteiger partial charge >= 0.3 is 0 Å². The fraction of sp³-hybridized carbons (Fsp3) is 0.143. The van der Waals surface area contributed by atoms with E-state index in [-0.39, 0.29) is 5.82 Å². The third-order valence-corrected chi connectivity index (χ3v) is 1.67. The average molecular weight is 205 g/mol. The largest absolute Gasteiger partial charge is 0.377 e. The number of halogens is 2. The Kier molecular flexibility index (Phi) is 2.40.